The Hall–Kier alpha value is -0.470. The van der Waals surface area contributed by atoms with Crippen LogP contribution in [-0.4, -0.2) is 11.8 Å². The van der Waals surface area contributed by atoms with Crippen molar-refractivity contribution in [1.82, 2.24) is 5.32 Å². The molecule has 1 aliphatic rings. The largest absolute Gasteiger partial charge is 0.310 e. The van der Waals surface area contributed by atoms with Crippen LogP contribution in [0.2, 0.25) is 0 Å². The van der Waals surface area contributed by atoms with Crippen molar-refractivity contribution in [2.24, 2.45) is 0 Å². The van der Waals surface area contributed by atoms with Gasteiger partial charge in [0.25, 0.3) is 0 Å². The van der Waals surface area contributed by atoms with Crippen LogP contribution in [0.4, 0.5) is 0 Å². The molecule has 1 unspecified atom stereocenters. The third kappa shape index (κ3) is 3.52. The zero-order valence-corrected chi connectivity index (χ0v) is 12.4. The molecule has 0 aromatic heterocycles. The number of nitrogens with one attached hydrogen (secondary N) is 1. The molecule has 0 aliphatic heterocycles. The molecule has 2 rings (SSSR count). The minimum atomic E-state index is 0.514. The molecule has 1 aliphatic carbocycles. The monoisotopic (exact) mass is 263 g/mol. The number of benzene rings is 1. The summed E-state index contributed by atoms with van der Waals surface area (Å²) in [5.74, 6) is 0. The second-order valence-corrected chi connectivity index (χ2v) is 6.42. The lowest BCUT2D eigenvalue weighted by Gasteiger charge is -2.21. The summed E-state index contributed by atoms with van der Waals surface area (Å²) < 4.78 is 0. The standard InChI is InChI=1S/C16H25NS/c1-3-15(17-4-2)14-11-7-8-12-16(14)18-13-9-5-6-10-13/h7-8,11-13,15,17H,3-6,9-10H2,1-2H3. The van der Waals surface area contributed by atoms with Crippen LogP contribution in [0.3, 0.4) is 0 Å². The van der Waals surface area contributed by atoms with Gasteiger partial charge in [-0.05, 0) is 37.4 Å². The summed E-state index contributed by atoms with van der Waals surface area (Å²) in [5, 5.41) is 4.45. The Morgan fingerprint density at radius 1 is 1.22 bits per heavy atom. The Morgan fingerprint density at radius 3 is 2.61 bits per heavy atom. The van der Waals surface area contributed by atoms with Crippen molar-refractivity contribution in [2.45, 2.75) is 62.1 Å². The van der Waals surface area contributed by atoms with Gasteiger partial charge in [0.2, 0.25) is 0 Å². The zero-order chi connectivity index (χ0) is 12.8. The summed E-state index contributed by atoms with van der Waals surface area (Å²) >= 11 is 2.11. The van der Waals surface area contributed by atoms with Gasteiger partial charge in [-0.2, -0.15) is 0 Å². The van der Waals surface area contributed by atoms with Gasteiger partial charge in [0, 0.05) is 16.2 Å². The minimum Gasteiger partial charge on any atom is -0.310 e. The van der Waals surface area contributed by atoms with Crippen LogP contribution in [0, 0.1) is 0 Å². The molecular formula is C16H25NS. The Balaban J connectivity index is 2.12. The smallest absolute Gasteiger partial charge is 0.0328 e. The van der Waals surface area contributed by atoms with Crippen LogP contribution in [0.1, 0.15) is 57.6 Å². The second kappa shape index (κ2) is 7.20. The second-order valence-electron chi connectivity index (χ2n) is 5.08. The quantitative estimate of drug-likeness (QED) is 0.792. The zero-order valence-electron chi connectivity index (χ0n) is 11.6. The fourth-order valence-corrected chi connectivity index (χ4v) is 4.21. The molecule has 1 N–H and O–H groups in total. The van der Waals surface area contributed by atoms with Gasteiger partial charge >= 0.3 is 0 Å². The molecule has 1 saturated carbocycles. The van der Waals surface area contributed by atoms with Gasteiger partial charge in [-0.1, -0.05) is 44.9 Å². The maximum Gasteiger partial charge on any atom is 0.0328 e. The van der Waals surface area contributed by atoms with Gasteiger partial charge in [0.1, 0.15) is 0 Å². The van der Waals surface area contributed by atoms with E-state index in [1.165, 1.54) is 36.1 Å². The number of thioether (sulfide) groups is 1. The Bertz CT molecular complexity index is 358. The number of hydrogen-bond donors (Lipinski definition) is 1. The van der Waals surface area contributed by atoms with E-state index in [4.69, 9.17) is 0 Å². The van der Waals surface area contributed by atoms with E-state index >= 15 is 0 Å². The average molecular weight is 263 g/mol. The Kier molecular flexibility index (Phi) is 5.58. The van der Waals surface area contributed by atoms with Gasteiger partial charge < -0.3 is 5.32 Å². The van der Waals surface area contributed by atoms with Crippen LogP contribution in [-0.2, 0) is 0 Å². The van der Waals surface area contributed by atoms with Crippen LogP contribution in [0.5, 0.6) is 0 Å². The molecule has 1 fully saturated rings. The lowest BCUT2D eigenvalue weighted by Crippen LogP contribution is -2.20. The van der Waals surface area contributed by atoms with E-state index < -0.39 is 0 Å². The van der Waals surface area contributed by atoms with Crippen molar-refractivity contribution in [3.8, 4) is 0 Å². The molecule has 1 nitrogen and oxygen atoms in total. The van der Waals surface area contributed by atoms with Gasteiger partial charge in [-0.3, -0.25) is 0 Å². The minimum absolute atomic E-state index is 0.514. The Labute approximate surface area is 116 Å². The van der Waals surface area contributed by atoms with Crippen molar-refractivity contribution in [1.29, 1.82) is 0 Å². The normalized spacial score (nSPS) is 18.1. The fourth-order valence-electron chi connectivity index (χ4n) is 2.78. The highest BCUT2D eigenvalue weighted by Crippen LogP contribution is 2.38. The molecule has 1 aromatic rings. The highest BCUT2D eigenvalue weighted by molar-refractivity contribution is 8.00. The highest BCUT2D eigenvalue weighted by Gasteiger charge is 2.19. The van der Waals surface area contributed by atoms with Gasteiger partial charge in [0.05, 0.1) is 0 Å². The summed E-state index contributed by atoms with van der Waals surface area (Å²) in [7, 11) is 0. The van der Waals surface area contributed by atoms with Gasteiger partial charge in [-0.25, -0.2) is 0 Å². The highest BCUT2D eigenvalue weighted by atomic mass is 32.2. The SMILES string of the molecule is CCNC(CC)c1ccccc1SC1CCCC1. The van der Waals surface area contributed by atoms with Crippen molar-refractivity contribution in [3.05, 3.63) is 29.8 Å². The summed E-state index contributed by atoms with van der Waals surface area (Å²) in [4.78, 5) is 1.50. The van der Waals surface area contributed by atoms with E-state index in [-0.39, 0.29) is 0 Å². The van der Waals surface area contributed by atoms with E-state index in [0.717, 1.165) is 18.2 Å². The van der Waals surface area contributed by atoms with E-state index in [1.807, 2.05) is 0 Å². The Morgan fingerprint density at radius 2 is 1.94 bits per heavy atom. The third-order valence-electron chi connectivity index (χ3n) is 3.75. The molecule has 0 saturated heterocycles. The maximum absolute atomic E-state index is 3.60. The first-order valence-electron chi connectivity index (χ1n) is 7.34. The maximum atomic E-state index is 3.60. The first-order chi connectivity index (χ1) is 8.85. The summed E-state index contributed by atoms with van der Waals surface area (Å²) in [6.07, 6.45) is 6.80. The molecular weight excluding hydrogens is 238 g/mol. The van der Waals surface area contributed by atoms with Crippen LogP contribution < -0.4 is 5.32 Å². The van der Waals surface area contributed by atoms with E-state index in [9.17, 15) is 0 Å². The molecule has 1 aromatic carbocycles. The van der Waals surface area contributed by atoms with Crippen molar-refractivity contribution in [3.63, 3.8) is 0 Å². The number of hydrogen-bond acceptors (Lipinski definition) is 2. The molecule has 0 bridgehead atoms. The topological polar surface area (TPSA) is 12.0 Å². The van der Waals surface area contributed by atoms with Crippen LogP contribution >= 0.6 is 11.8 Å². The average Bonchev–Trinajstić information content (AvgIpc) is 2.90. The lowest BCUT2D eigenvalue weighted by molar-refractivity contribution is 0.530. The van der Waals surface area contributed by atoms with Gasteiger partial charge in [-0.15, -0.1) is 11.8 Å². The predicted octanol–water partition coefficient (Wildman–Crippen LogP) is 4.78. The van der Waals surface area contributed by atoms with E-state index in [1.54, 1.807) is 0 Å². The van der Waals surface area contributed by atoms with Crippen molar-refractivity contribution >= 4 is 11.8 Å². The summed E-state index contributed by atoms with van der Waals surface area (Å²) in [5.41, 5.74) is 1.50. The molecule has 0 heterocycles. The molecule has 2 heteroatoms. The number of rotatable bonds is 6. The predicted molar refractivity (Wildman–Crippen MR) is 81.3 cm³/mol. The van der Waals surface area contributed by atoms with Gasteiger partial charge in [0.15, 0.2) is 0 Å². The lowest BCUT2D eigenvalue weighted by atomic mass is 10.0. The van der Waals surface area contributed by atoms with Crippen LogP contribution in [0.25, 0.3) is 0 Å². The first kappa shape index (κ1) is 14.0. The molecule has 0 spiro atoms. The third-order valence-corrected chi connectivity index (χ3v) is 5.18. The molecule has 18 heavy (non-hydrogen) atoms. The first-order valence-corrected chi connectivity index (χ1v) is 8.22. The molecule has 1 atom stereocenters. The fraction of sp³-hybridized carbons (Fsp3) is 0.625. The van der Waals surface area contributed by atoms with Crippen LogP contribution in [0.15, 0.2) is 29.2 Å². The summed E-state index contributed by atoms with van der Waals surface area (Å²) in [6.45, 7) is 5.50. The van der Waals surface area contributed by atoms with E-state index in [2.05, 4.69) is 55.2 Å². The molecule has 100 valence electrons. The molecule has 0 radical (unpaired) electrons. The van der Waals surface area contributed by atoms with E-state index in [0.29, 0.717) is 6.04 Å². The van der Waals surface area contributed by atoms with Crippen molar-refractivity contribution in [2.75, 3.05) is 6.54 Å². The van der Waals surface area contributed by atoms with Crippen molar-refractivity contribution < 1.29 is 0 Å². The molecule has 0 amide bonds. The summed E-state index contributed by atoms with van der Waals surface area (Å²) in [6, 6.07) is 9.47.